The predicted octanol–water partition coefficient (Wildman–Crippen LogP) is 2.81. The zero-order valence-electron chi connectivity index (χ0n) is 14.7. The lowest BCUT2D eigenvalue weighted by molar-refractivity contribution is -0.141. The fourth-order valence-corrected chi connectivity index (χ4v) is 3.14. The van der Waals surface area contributed by atoms with Crippen LogP contribution in [0.2, 0.25) is 0 Å². The van der Waals surface area contributed by atoms with Crippen LogP contribution in [0, 0.1) is 5.92 Å². The molecule has 0 spiro atoms. The van der Waals surface area contributed by atoms with Gasteiger partial charge in [0.1, 0.15) is 17.1 Å². The van der Waals surface area contributed by atoms with E-state index in [-0.39, 0.29) is 25.7 Å². The molecule has 0 aromatic carbocycles. The second kappa shape index (κ2) is 6.64. The van der Waals surface area contributed by atoms with Crippen LogP contribution < -0.4 is 15.4 Å². The van der Waals surface area contributed by atoms with Gasteiger partial charge in [-0.1, -0.05) is 0 Å². The molecular formula is C15H14F6N6O2. The highest BCUT2D eigenvalue weighted by molar-refractivity contribution is 5.66. The highest BCUT2D eigenvalue weighted by Crippen LogP contribution is 2.42. The van der Waals surface area contributed by atoms with Crippen molar-refractivity contribution in [3.8, 4) is 5.88 Å². The molecule has 0 amide bonds. The van der Waals surface area contributed by atoms with Crippen molar-refractivity contribution in [1.82, 2.24) is 19.7 Å². The Bertz CT molecular complexity index is 927. The molecule has 2 aromatic rings. The number of nitrogens with zero attached hydrogens (tertiary/aromatic N) is 4. The van der Waals surface area contributed by atoms with Crippen molar-refractivity contribution in [3.63, 3.8) is 0 Å². The van der Waals surface area contributed by atoms with E-state index in [1.165, 1.54) is 7.05 Å². The third kappa shape index (κ3) is 3.63. The monoisotopic (exact) mass is 424 g/mol. The van der Waals surface area contributed by atoms with Gasteiger partial charge in [0.15, 0.2) is 5.69 Å². The Labute approximate surface area is 159 Å². The Hall–Kier alpha value is -2.77. The molecule has 4 heterocycles. The van der Waals surface area contributed by atoms with Crippen LogP contribution in [0.25, 0.3) is 0 Å². The van der Waals surface area contributed by atoms with Crippen molar-refractivity contribution in [3.05, 3.63) is 17.5 Å². The molecular weight excluding hydrogens is 410 g/mol. The summed E-state index contributed by atoms with van der Waals surface area (Å²) in [4.78, 5) is 7.29. The van der Waals surface area contributed by atoms with Crippen molar-refractivity contribution in [2.24, 2.45) is 13.0 Å². The molecule has 2 aliphatic rings. The van der Waals surface area contributed by atoms with Crippen LogP contribution in [-0.4, -0.2) is 45.6 Å². The topological polar surface area (TPSA) is 86.1 Å². The van der Waals surface area contributed by atoms with Gasteiger partial charge in [-0.2, -0.15) is 36.4 Å². The fraction of sp³-hybridized carbons (Fsp3) is 0.533. The fourth-order valence-electron chi connectivity index (χ4n) is 3.14. The highest BCUT2D eigenvalue weighted by atomic mass is 19.4. The van der Waals surface area contributed by atoms with E-state index in [1.807, 2.05) is 0 Å². The number of aryl methyl sites for hydroxylation is 1. The third-order valence-corrected chi connectivity index (χ3v) is 4.55. The Kier molecular flexibility index (Phi) is 4.47. The predicted molar refractivity (Wildman–Crippen MR) is 85.7 cm³/mol. The molecule has 0 radical (unpaired) electrons. The number of anilines is 3. The van der Waals surface area contributed by atoms with Crippen molar-refractivity contribution in [1.29, 1.82) is 0 Å². The summed E-state index contributed by atoms with van der Waals surface area (Å²) in [6.07, 6.45) is -9.10. The van der Waals surface area contributed by atoms with E-state index in [1.54, 1.807) is 0 Å². The third-order valence-electron chi connectivity index (χ3n) is 4.55. The van der Waals surface area contributed by atoms with Gasteiger partial charge in [0.2, 0.25) is 11.8 Å². The average Bonchev–Trinajstić information content (AvgIpc) is 3.15. The largest absolute Gasteiger partial charge is 0.476 e. The Morgan fingerprint density at radius 2 is 1.86 bits per heavy atom. The number of fused-ring (bicyclic) bond motifs is 4. The van der Waals surface area contributed by atoms with Gasteiger partial charge in [-0.05, 0) is 0 Å². The lowest BCUT2D eigenvalue weighted by Gasteiger charge is -2.21. The van der Waals surface area contributed by atoms with Gasteiger partial charge in [-0.15, -0.1) is 0 Å². The van der Waals surface area contributed by atoms with Gasteiger partial charge in [0.05, 0.1) is 25.9 Å². The first-order valence-electron chi connectivity index (χ1n) is 8.36. The summed E-state index contributed by atoms with van der Waals surface area (Å²) in [5.41, 5.74) is -3.02. The van der Waals surface area contributed by atoms with Gasteiger partial charge in [0, 0.05) is 19.2 Å². The van der Waals surface area contributed by atoms with Crippen molar-refractivity contribution >= 4 is 17.5 Å². The highest BCUT2D eigenvalue weighted by Gasteiger charge is 2.42. The van der Waals surface area contributed by atoms with E-state index in [0.29, 0.717) is 6.20 Å². The first-order chi connectivity index (χ1) is 13.5. The van der Waals surface area contributed by atoms with E-state index in [2.05, 4.69) is 25.7 Å². The maximum atomic E-state index is 13.4. The van der Waals surface area contributed by atoms with Crippen LogP contribution in [0.1, 0.15) is 11.3 Å². The maximum absolute atomic E-state index is 13.4. The maximum Gasteiger partial charge on any atom is 0.437 e. The molecule has 0 saturated carbocycles. The van der Waals surface area contributed by atoms with Gasteiger partial charge >= 0.3 is 12.4 Å². The Morgan fingerprint density at radius 3 is 2.55 bits per heavy atom. The van der Waals surface area contributed by atoms with E-state index in [4.69, 9.17) is 9.47 Å². The minimum absolute atomic E-state index is 0.0874. The standard InChI is InChI=1S/C15H14F6N6O2/c1-27-12-9(10(26-27)15(19,20)21)24-13-22-2-7(14(16,17)18)11(25-13)23-8-5-28-3-6(8)4-29-12/h2,6,8H,3-5H2,1H3,(H2,22,23,24,25)/t6?,8-/m1/s1. The molecule has 8 nitrogen and oxygen atoms in total. The summed E-state index contributed by atoms with van der Waals surface area (Å²) in [5.74, 6) is -1.70. The number of nitrogens with one attached hydrogen (secondary N) is 2. The molecule has 29 heavy (non-hydrogen) atoms. The lowest BCUT2D eigenvalue weighted by atomic mass is 10.0. The molecule has 2 N–H and O–H groups in total. The summed E-state index contributed by atoms with van der Waals surface area (Å²) in [5, 5.41) is 8.42. The summed E-state index contributed by atoms with van der Waals surface area (Å²) >= 11 is 0. The summed E-state index contributed by atoms with van der Waals surface area (Å²) in [6, 6.07) is -0.587. The first-order valence-corrected chi connectivity index (χ1v) is 8.36. The van der Waals surface area contributed by atoms with E-state index >= 15 is 0 Å². The van der Waals surface area contributed by atoms with Crippen LogP contribution >= 0.6 is 0 Å². The molecule has 2 bridgehead atoms. The number of alkyl halides is 6. The van der Waals surface area contributed by atoms with Gasteiger partial charge in [-0.3, -0.25) is 0 Å². The Balaban J connectivity index is 1.86. The molecule has 2 aliphatic heterocycles. The minimum Gasteiger partial charge on any atom is -0.476 e. The molecule has 14 heteroatoms. The molecule has 0 aliphatic carbocycles. The molecule has 4 rings (SSSR count). The normalized spacial score (nSPS) is 21.9. The molecule has 2 aromatic heterocycles. The molecule has 1 fully saturated rings. The average molecular weight is 424 g/mol. The number of halogens is 6. The van der Waals surface area contributed by atoms with Crippen LogP contribution in [0.5, 0.6) is 5.88 Å². The van der Waals surface area contributed by atoms with Crippen LogP contribution in [-0.2, 0) is 24.1 Å². The van der Waals surface area contributed by atoms with Gasteiger partial charge in [-0.25, -0.2) is 9.67 Å². The van der Waals surface area contributed by atoms with Crippen molar-refractivity contribution in [2.45, 2.75) is 18.4 Å². The summed E-state index contributed by atoms with van der Waals surface area (Å²) < 4.78 is 92.0. The number of hydrogen-bond donors (Lipinski definition) is 2. The quantitative estimate of drug-likeness (QED) is 0.629. The molecule has 158 valence electrons. The smallest absolute Gasteiger partial charge is 0.437 e. The first kappa shape index (κ1) is 19.5. The summed E-state index contributed by atoms with van der Waals surface area (Å²) in [7, 11) is 1.26. The molecule has 2 atom stereocenters. The van der Waals surface area contributed by atoms with Crippen LogP contribution in [0.3, 0.4) is 0 Å². The lowest BCUT2D eigenvalue weighted by Crippen LogP contribution is -2.33. The molecule has 1 unspecified atom stereocenters. The van der Waals surface area contributed by atoms with Gasteiger partial charge in [0.25, 0.3) is 0 Å². The van der Waals surface area contributed by atoms with E-state index < -0.39 is 53.0 Å². The zero-order chi connectivity index (χ0) is 21.0. The number of aromatic nitrogens is 4. The second-order valence-electron chi connectivity index (χ2n) is 6.59. The molecule has 1 saturated heterocycles. The van der Waals surface area contributed by atoms with Crippen LogP contribution in [0.4, 0.5) is 43.8 Å². The SMILES string of the molecule is Cn1nc(C(F)(F)F)c2c1OCC1COC[C@H]1Nc1nc(ncc1C(F)(F)F)N2. The number of hydrogen-bond acceptors (Lipinski definition) is 7. The van der Waals surface area contributed by atoms with E-state index in [0.717, 1.165) is 4.68 Å². The van der Waals surface area contributed by atoms with Crippen molar-refractivity contribution in [2.75, 3.05) is 30.5 Å². The number of rotatable bonds is 0. The zero-order valence-corrected chi connectivity index (χ0v) is 14.7. The minimum atomic E-state index is -4.84. The summed E-state index contributed by atoms with van der Waals surface area (Å²) in [6.45, 7) is 0.141. The van der Waals surface area contributed by atoms with Crippen LogP contribution in [0.15, 0.2) is 6.20 Å². The van der Waals surface area contributed by atoms with Crippen molar-refractivity contribution < 1.29 is 35.8 Å². The second-order valence-corrected chi connectivity index (χ2v) is 6.59. The Morgan fingerprint density at radius 1 is 1.10 bits per heavy atom. The van der Waals surface area contributed by atoms with Gasteiger partial charge < -0.3 is 20.1 Å². The number of ether oxygens (including phenoxy) is 2. The van der Waals surface area contributed by atoms with E-state index in [9.17, 15) is 26.3 Å².